The number of rotatable bonds is 6. The summed E-state index contributed by atoms with van der Waals surface area (Å²) in [4.78, 5) is 4.55. The van der Waals surface area contributed by atoms with Gasteiger partial charge in [0.1, 0.15) is 0 Å². The molecule has 2 nitrogen and oxygen atoms in total. The highest BCUT2D eigenvalue weighted by Crippen LogP contribution is 2.14. The normalized spacial score (nSPS) is 12.0. The van der Waals surface area contributed by atoms with Gasteiger partial charge in [0.05, 0.1) is 10.7 Å². The fourth-order valence-electron chi connectivity index (χ4n) is 1.64. The monoisotopic (exact) mass is 226 g/mol. The van der Waals surface area contributed by atoms with Crippen LogP contribution in [0.5, 0.6) is 0 Å². The van der Waals surface area contributed by atoms with Gasteiger partial charge >= 0.3 is 0 Å². The molecule has 0 radical (unpaired) electrons. The molecule has 0 aliphatic rings. The fraction of sp³-hybridized carbons (Fsp3) is 0.750. The van der Waals surface area contributed by atoms with Crippen LogP contribution in [0.15, 0.2) is 5.38 Å². The minimum atomic E-state index is 0.227. The largest absolute Gasteiger partial charge is 0.306 e. The molecule has 1 N–H and O–H groups in total. The van der Waals surface area contributed by atoms with Crippen LogP contribution in [-0.2, 0) is 13.0 Å². The van der Waals surface area contributed by atoms with Crippen LogP contribution in [0.3, 0.4) is 0 Å². The Morgan fingerprint density at radius 2 is 2.13 bits per heavy atom. The average Bonchev–Trinajstić information content (AvgIpc) is 2.62. The predicted octanol–water partition coefficient (Wildman–Crippen LogP) is 3.37. The van der Waals surface area contributed by atoms with Gasteiger partial charge in [0.2, 0.25) is 0 Å². The summed E-state index contributed by atoms with van der Waals surface area (Å²) >= 11 is 1.76. The van der Waals surface area contributed by atoms with E-state index in [2.05, 4.69) is 43.4 Å². The van der Waals surface area contributed by atoms with E-state index >= 15 is 0 Å². The van der Waals surface area contributed by atoms with E-state index < -0.39 is 0 Å². The summed E-state index contributed by atoms with van der Waals surface area (Å²) in [7, 11) is 0. The van der Waals surface area contributed by atoms with E-state index in [0.29, 0.717) is 0 Å². The Balaban J connectivity index is 2.42. The Hall–Kier alpha value is -0.410. The Morgan fingerprint density at radius 1 is 1.40 bits per heavy atom. The van der Waals surface area contributed by atoms with Crippen molar-refractivity contribution in [3.8, 4) is 0 Å². The molecular formula is C12H22N2S. The Bertz CT molecular complexity index is 292. The van der Waals surface area contributed by atoms with Gasteiger partial charge in [-0.3, -0.25) is 0 Å². The molecule has 1 heterocycles. The van der Waals surface area contributed by atoms with Gasteiger partial charge in [0.15, 0.2) is 0 Å². The fourth-order valence-corrected chi connectivity index (χ4v) is 2.38. The van der Waals surface area contributed by atoms with E-state index in [1.165, 1.54) is 23.5 Å². The summed E-state index contributed by atoms with van der Waals surface area (Å²) < 4.78 is 0. The van der Waals surface area contributed by atoms with Crippen LogP contribution >= 0.6 is 11.3 Å². The van der Waals surface area contributed by atoms with Gasteiger partial charge in [-0.15, -0.1) is 11.3 Å². The first-order valence-corrected chi connectivity index (χ1v) is 6.63. The lowest BCUT2D eigenvalue weighted by Gasteiger charge is -2.25. The first-order chi connectivity index (χ1) is 7.07. The summed E-state index contributed by atoms with van der Waals surface area (Å²) in [5.74, 6) is 0. The van der Waals surface area contributed by atoms with E-state index in [4.69, 9.17) is 0 Å². The van der Waals surface area contributed by atoms with E-state index in [1.54, 1.807) is 11.3 Å². The second kappa shape index (κ2) is 5.61. The number of nitrogens with zero attached hydrogens (tertiary/aromatic N) is 1. The third-order valence-corrected chi connectivity index (χ3v) is 3.57. The van der Waals surface area contributed by atoms with Gasteiger partial charge in [-0.25, -0.2) is 4.98 Å². The summed E-state index contributed by atoms with van der Waals surface area (Å²) in [5.41, 5.74) is 1.41. The molecule has 0 bridgehead atoms. The number of thiazole rings is 1. The first-order valence-electron chi connectivity index (χ1n) is 5.75. The Morgan fingerprint density at radius 3 is 2.67 bits per heavy atom. The molecule has 3 heteroatoms. The van der Waals surface area contributed by atoms with Gasteiger partial charge in [0.25, 0.3) is 0 Å². The SMILES string of the molecule is CCCC(C)(C)NCc1csc(CC)n1. The van der Waals surface area contributed by atoms with Crippen molar-refractivity contribution in [3.63, 3.8) is 0 Å². The molecule has 0 spiro atoms. The van der Waals surface area contributed by atoms with E-state index in [1.807, 2.05) is 0 Å². The highest BCUT2D eigenvalue weighted by Gasteiger charge is 2.15. The third kappa shape index (κ3) is 4.31. The van der Waals surface area contributed by atoms with Gasteiger partial charge in [-0.05, 0) is 26.7 Å². The van der Waals surface area contributed by atoms with Crippen LogP contribution < -0.4 is 5.32 Å². The maximum Gasteiger partial charge on any atom is 0.0926 e. The molecule has 0 fully saturated rings. The molecule has 0 aliphatic carbocycles. The van der Waals surface area contributed by atoms with Crippen LogP contribution in [0, 0.1) is 0 Å². The van der Waals surface area contributed by atoms with E-state index in [9.17, 15) is 0 Å². The highest BCUT2D eigenvalue weighted by molar-refractivity contribution is 7.09. The summed E-state index contributed by atoms with van der Waals surface area (Å²) in [6, 6.07) is 0. The molecule has 15 heavy (non-hydrogen) atoms. The summed E-state index contributed by atoms with van der Waals surface area (Å²) in [5, 5.41) is 6.95. The molecule has 0 amide bonds. The molecule has 0 aromatic carbocycles. The lowest BCUT2D eigenvalue weighted by molar-refractivity contribution is 0.355. The smallest absolute Gasteiger partial charge is 0.0926 e. The molecule has 1 rings (SSSR count). The lowest BCUT2D eigenvalue weighted by atomic mass is 9.99. The second-order valence-corrected chi connectivity index (χ2v) is 5.52. The van der Waals surface area contributed by atoms with Crippen molar-refractivity contribution in [3.05, 3.63) is 16.1 Å². The zero-order valence-electron chi connectivity index (χ0n) is 10.3. The van der Waals surface area contributed by atoms with Crippen LogP contribution in [0.25, 0.3) is 0 Å². The molecule has 0 atom stereocenters. The van der Waals surface area contributed by atoms with Crippen molar-refractivity contribution in [2.24, 2.45) is 0 Å². The first kappa shape index (κ1) is 12.7. The van der Waals surface area contributed by atoms with Crippen molar-refractivity contribution < 1.29 is 0 Å². The van der Waals surface area contributed by atoms with Gasteiger partial charge in [-0.1, -0.05) is 20.3 Å². The highest BCUT2D eigenvalue weighted by atomic mass is 32.1. The van der Waals surface area contributed by atoms with Gasteiger partial charge in [-0.2, -0.15) is 0 Å². The molecule has 86 valence electrons. The lowest BCUT2D eigenvalue weighted by Crippen LogP contribution is -2.38. The van der Waals surface area contributed by atoms with E-state index in [0.717, 1.165) is 13.0 Å². The maximum absolute atomic E-state index is 4.55. The quantitative estimate of drug-likeness (QED) is 0.804. The number of hydrogen-bond acceptors (Lipinski definition) is 3. The number of nitrogens with one attached hydrogen (secondary N) is 1. The standard InChI is InChI=1S/C12H22N2S/c1-5-7-12(3,4)13-8-10-9-15-11(6-2)14-10/h9,13H,5-8H2,1-4H3. The summed E-state index contributed by atoms with van der Waals surface area (Å²) in [6.07, 6.45) is 3.47. The Kier molecular flexibility index (Phi) is 4.74. The van der Waals surface area contributed by atoms with Gasteiger partial charge in [0, 0.05) is 17.5 Å². The van der Waals surface area contributed by atoms with Crippen LogP contribution in [0.4, 0.5) is 0 Å². The molecule has 0 unspecified atom stereocenters. The average molecular weight is 226 g/mol. The zero-order valence-corrected chi connectivity index (χ0v) is 11.1. The van der Waals surface area contributed by atoms with Crippen LogP contribution in [0.2, 0.25) is 0 Å². The van der Waals surface area contributed by atoms with Crippen molar-refractivity contribution in [2.75, 3.05) is 0 Å². The predicted molar refractivity (Wildman–Crippen MR) is 67.3 cm³/mol. The molecule has 0 aliphatic heterocycles. The van der Waals surface area contributed by atoms with Crippen molar-refractivity contribution in [2.45, 2.75) is 59.0 Å². The zero-order chi connectivity index (χ0) is 11.3. The van der Waals surface area contributed by atoms with E-state index in [-0.39, 0.29) is 5.54 Å². The number of hydrogen-bond donors (Lipinski definition) is 1. The van der Waals surface area contributed by atoms with Crippen molar-refractivity contribution >= 4 is 11.3 Å². The molecule has 1 aromatic heterocycles. The topological polar surface area (TPSA) is 24.9 Å². The molecule has 0 saturated carbocycles. The molecule has 0 saturated heterocycles. The maximum atomic E-state index is 4.55. The van der Waals surface area contributed by atoms with Crippen LogP contribution in [0.1, 0.15) is 51.2 Å². The number of aromatic nitrogens is 1. The third-order valence-electron chi connectivity index (χ3n) is 2.52. The minimum absolute atomic E-state index is 0.227. The molecule has 1 aromatic rings. The summed E-state index contributed by atoms with van der Waals surface area (Å²) in [6.45, 7) is 9.77. The Labute approximate surface area is 97.1 Å². The number of aryl methyl sites for hydroxylation is 1. The molecular weight excluding hydrogens is 204 g/mol. The minimum Gasteiger partial charge on any atom is -0.306 e. The van der Waals surface area contributed by atoms with Crippen LogP contribution in [-0.4, -0.2) is 10.5 Å². The van der Waals surface area contributed by atoms with Crippen molar-refractivity contribution in [1.29, 1.82) is 0 Å². The second-order valence-electron chi connectivity index (χ2n) is 4.57. The van der Waals surface area contributed by atoms with Crippen molar-refractivity contribution in [1.82, 2.24) is 10.3 Å². The van der Waals surface area contributed by atoms with Gasteiger partial charge < -0.3 is 5.32 Å².